The number of carbonyl (C=O) groups excluding carboxylic acids is 1. The van der Waals surface area contributed by atoms with E-state index >= 15 is 0 Å². The van der Waals surface area contributed by atoms with Gasteiger partial charge < -0.3 is 5.32 Å². The summed E-state index contributed by atoms with van der Waals surface area (Å²) in [7, 11) is 0. The van der Waals surface area contributed by atoms with Crippen molar-refractivity contribution in [2.75, 3.05) is 10.6 Å². The fourth-order valence-electron chi connectivity index (χ4n) is 1.71. The van der Waals surface area contributed by atoms with Crippen LogP contribution in [0.3, 0.4) is 0 Å². The number of hydrogen-bond donors (Lipinski definition) is 2. The Bertz CT molecular complexity index is 541. The average molecular weight is 290 g/mol. The molecule has 0 atom stereocenters. The standard InChI is InChI=1S/C14H18N4OS/c1-2-3-5-10-12-17-18-14(20-12)16-13(19)15-11-8-6-4-7-9-11/h4,6-9H,2-3,5,10H2,1H3,(H2,15,16,18,19). The van der Waals surface area contributed by atoms with Crippen molar-refractivity contribution >= 4 is 28.2 Å². The quantitative estimate of drug-likeness (QED) is 0.792. The molecular weight excluding hydrogens is 272 g/mol. The number of rotatable bonds is 6. The Balaban J connectivity index is 1.82. The van der Waals surface area contributed by atoms with Crippen LogP contribution in [0.1, 0.15) is 31.2 Å². The van der Waals surface area contributed by atoms with E-state index in [0.29, 0.717) is 5.13 Å². The van der Waals surface area contributed by atoms with Gasteiger partial charge in [-0.1, -0.05) is 49.3 Å². The zero-order valence-corrected chi connectivity index (χ0v) is 12.2. The van der Waals surface area contributed by atoms with Gasteiger partial charge in [0.05, 0.1) is 0 Å². The molecule has 2 N–H and O–H groups in total. The van der Waals surface area contributed by atoms with Crippen LogP contribution in [0.15, 0.2) is 30.3 Å². The van der Waals surface area contributed by atoms with Crippen molar-refractivity contribution < 1.29 is 4.79 Å². The third kappa shape index (κ3) is 4.62. The van der Waals surface area contributed by atoms with Crippen LogP contribution in [0.2, 0.25) is 0 Å². The summed E-state index contributed by atoms with van der Waals surface area (Å²) in [6.45, 7) is 2.17. The Morgan fingerprint density at radius 3 is 2.70 bits per heavy atom. The van der Waals surface area contributed by atoms with E-state index in [2.05, 4.69) is 27.8 Å². The highest BCUT2D eigenvalue weighted by molar-refractivity contribution is 7.15. The lowest BCUT2D eigenvalue weighted by molar-refractivity contribution is 0.262. The first-order valence-electron chi connectivity index (χ1n) is 6.73. The SMILES string of the molecule is CCCCCc1nnc(NC(=O)Nc2ccccc2)s1. The van der Waals surface area contributed by atoms with Crippen molar-refractivity contribution in [3.8, 4) is 0 Å². The number of benzene rings is 1. The van der Waals surface area contributed by atoms with Crippen molar-refractivity contribution in [1.29, 1.82) is 0 Å². The second-order valence-corrected chi connectivity index (χ2v) is 5.47. The van der Waals surface area contributed by atoms with Crippen molar-refractivity contribution in [3.63, 3.8) is 0 Å². The molecule has 0 saturated carbocycles. The normalized spacial score (nSPS) is 10.2. The molecule has 106 valence electrons. The number of nitrogens with zero attached hydrogens (tertiary/aromatic N) is 2. The van der Waals surface area contributed by atoms with Gasteiger partial charge in [0.25, 0.3) is 0 Å². The van der Waals surface area contributed by atoms with Gasteiger partial charge in [0, 0.05) is 12.1 Å². The largest absolute Gasteiger partial charge is 0.325 e. The molecule has 0 saturated heterocycles. The van der Waals surface area contributed by atoms with Crippen LogP contribution < -0.4 is 10.6 Å². The summed E-state index contributed by atoms with van der Waals surface area (Å²) in [5, 5.41) is 15.0. The fourth-order valence-corrected chi connectivity index (χ4v) is 2.49. The number of anilines is 2. The molecule has 20 heavy (non-hydrogen) atoms. The topological polar surface area (TPSA) is 66.9 Å². The fraction of sp³-hybridized carbons (Fsp3) is 0.357. The molecule has 1 aromatic heterocycles. The van der Waals surface area contributed by atoms with E-state index in [4.69, 9.17) is 0 Å². The molecule has 0 radical (unpaired) electrons. The summed E-state index contributed by atoms with van der Waals surface area (Å²) in [5.74, 6) is 0. The number of para-hydroxylation sites is 1. The minimum absolute atomic E-state index is 0.299. The monoisotopic (exact) mass is 290 g/mol. The molecule has 0 spiro atoms. The number of hydrogen-bond acceptors (Lipinski definition) is 4. The summed E-state index contributed by atoms with van der Waals surface area (Å²) >= 11 is 1.43. The number of aromatic nitrogens is 2. The van der Waals surface area contributed by atoms with Gasteiger partial charge in [-0.2, -0.15) is 0 Å². The van der Waals surface area contributed by atoms with Crippen LogP contribution >= 0.6 is 11.3 Å². The van der Waals surface area contributed by atoms with Gasteiger partial charge in [0.2, 0.25) is 5.13 Å². The highest BCUT2D eigenvalue weighted by Crippen LogP contribution is 2.17. The van der Waals surface area contributed by atoms with Gasteiger partial charge in [-0.25, -0.2) is 4.79 Å². The molecule has 0 aliphatic carbocycles. The maximum Gasteiger partial charge on any atom is 0.325 e. The molecule has 5 nitrogen and oxygen atoms in total. The van der Waals surface area contributed by atoms with E-state index in [9.17, 15) is 4.79 Å². The van der Waals surface area contributed by atoms with Crippen molar-refractivity contribution in [2.24, 2.45) is 0 Å². The summed E-state index contributed by atoms with van der Waals surface area (Å²) < 4.78 is 0. The molecule has 0 bridgehead atoms. The third-order valence-corrected chi connectivity index (χ3v) is 3.61. The summed E-state index contributed by atoms with van der Waals surface area (Å²) in [6.07, 6.45) is 4.41. The number of amides is 2. The van der Waals surface area contributed by atoms with Crippen LogP contribution in [0.5, 0.6) is 0 Å². The second kappa shape index (κ2) is 7.59. The Kier molecular flexibility index (Phi) is 5.49. The molecular formula is C14H18N4OS. The highest BCUT2D eigenvalue weighted by Gasteiger charge is 2.07. The lowest BCUT2D eigenvalue weighted by Crippen LogP contribution is -2.19. The minimum atomic E-state index is -0.299. The first-order valence-corrected chi connectivity index (χ1v) is 7.55. The molecule has 1 aromatic carbocycles. The molecule has 0 aliphatic rings. The zero-order valence-electron chi connectivity index (χ0n) is 11.4. The maximum atomic E-state index is 11.8. The summed E-state index contributed by atoms with van der Waals surface area (Å²) in [4.78, 5) is 11.8. The average Bonchev–Trinajstić information content (AvgIpc) is 2.87. The molecule has 2 rings (SSSR count). The molecule has 0 unspecified atom stereocenters. The van der Waals surface area contributed by atoms with Gasteiger partial charge in [0.15, 0.2) is 0 Å². The van der Waals surface area contributed by atoms with Gasteiger partial charge in [-0.05, 0) is 18.6 Å². The lowest BCUT2D eigenvalue weighted by Gasteiger charge is -2.03. The summed E-state index contributed by atoms with van der Waals surface area (Å²) in [6, 6.07) is 8.99. The number of unbranched alkanes of at least 4 members (excludes halogenated alkanes) is 2. The molecule has 1 heterocycles. The highest BCUT2D eigenvalue weighted by atomic mass is 32.1. The summed E-state index contributed by atoms with van der Waals surface area (Å²) in [5.41, 5.74) is 0.748. The van der Waals surface area contributed by atoms with Crippen LogP contribution in [0.25, 0.3) is 0 Å². The molecule has 0 aliphatic heterocycles. The molecule has 2 aromatic rings. The van der Waals surface area contributed by atoms with Crippen LogP contribution in [-0.4, -0.2) is 16.2 Å². The Morgan fingerprint density at radius 1 is 1.15 bits per heavy atom. The molecule has 6 heteroatoms. The predicted octanol–water partition coefficient (Wildman–Crippen LogP) is 3.91. The molecule has 2 amide bonds. The van der Waals surface area contributed by atoms with Crippen LogP contribution in [0, 0.1) is 0 Å². The predicted molar refractivity (Wildman–Crippen MR) is 82.2 cm³/mol. The molecule has 0 fully saturated rings. The number of aryl methyl sites for hydroxylation is 1. The maximum absolute atomic E-state index is 11.8. The minimum Gasteiger partial charge on any atom is -0.308 e. The van der Waals surface area contributed by atoms with E-state index < -0.39 is 0 Å². The van der Waals surface area contributed by atoms with Gasteiger partial charge in [0.1, 0.15) is 5.01 Å². The Morgan fingerprint density at radius 2 is 1.95 bits per heavy atom. The Labute approximate surface area is 122 Å². The van der Waals surface area contributed by atoms with E-state index in [1.165, 1.54) is 24.2 Å². The van der Waals surface area contributed by atoms with Gasteiger partial charge in [-0.3, -0.25) is 5.32 Å². The second-order valence-electron chi connectivity index (χ2n) is 4.40. The van der Waals surface area contributed by atoms with Crippen LogP contribution in [-0.2, 0) is 6.42 Å². The first kappa shape index (κ1) is 14.5. The Hall–Kier alpha value is -1.95. The number of urea groups is 1. The van der Waals surface area contributed by atoms with Crippen LogP contribution in [0.4, 0.5) is 15.6 Å². The van der Waals surface area contributed by atoms with E-state index in [1.807, 2.05) is 30.3 Å². The first-order chi connectivity index (χ1) is 9.78. The van der Waals surface area contributed by atoms with E-state index in [1.54, 1.807) is 0 Å². The third-order valence-electron chi connectivity index (χ3n) is 2.71. The number of nitrogens with one attached hydrogen (secondary N) is 2. The van der Waals surface area contributed by atoms with Crippen molar-refractivity contribution in [1.82, 2.24) is 10.2 Å². The van der Waals surface area contributed by atoms with Crippen molar-refractivity contribution in [3.05, 3.63) is 35.3 Å². The number of carbonyl (C=O) groups is 1. The van der Waals surface area contributed by atoms with E-state index in [-0.39, 0.29) is 6.03 Å². The zero-order chi connectivity index (χ0) is 14.2. The van der Waals surface area contributed by atoms with Gasteiger partial charge >= 0.3 is 6.03 Å². The van der Waals surface area contributed by atoms with Gasteiger partial charge in [-0.15, -0.1) is 10.2 Å². The smallest absolute Gasteiger partial charge is 0.308 e. The lowest BCUT2D eigenvalue weighted by atomic mass is 10.2. The van der Waals surface area contributed by atoms with Crippen molar-refractivity contribution in [2.45, 2.75) is 32.6 Å². The van der Waals surface area contributed by atoms with E-state index in [0.717, 1.165) is 23.5 Å².